The fourth-order valence-electron chi connectivity index (χ4n) is 1.56. The number of carboxylic acids is 1. The molecule has 1 heterocycles. The van der Waals surface area contributed by atoms with Gasteiger partial charge in [-0.15, -0.1) is 0 Å². The third kappa shape index (κ3) is 2.65. The molecule has 0 saturated carbocycles. The zero-order valence-corrected chi connectivity index (χ0v) is 9.05. The van der Waals surface area contributed by atoms with E-state index in [1.165, 1.54) is 0 Å². The largest absolute Gasteiger partial charge is 0.492 e. The lowest BCUT2D eigenvalue weighted by molar-refractivity contribution is -0.136. The van der Waals surface area contributed by atoms with E-state index in [9.17, 15) is 4.79 Å². The molecule has 0 radical (unpaired) electrons. The Morgan fingerprint density at radius 1 is 1.53 bits per heavy atom. The maximum atomic E-state index is 10.6. The molecule has 0 spiro atoms. The van der Waals surface area contributed by atoms with Crippen LogP contribution in [0.4, 0.5) is 0 Å². The maximum Gasteiger partial charge on any atom is 0.307 e. The standard InChI is InChI=1S/C11H12O3S/c12-11(13)6-8-1-2-10-9(5-8)7-15-4-3-14-10/h1-2,5H,3-4,6-7H2,(H,12,13). The van der Waals surface area contributed by atoms with Crippen LogP contribution >= 0.6 is 11.8 Å². The Kier molecular flexibility index (Phi) is 3.16. The fourth-order valence-corrected chi connectivity index (χ4v) is 2.35. The second kappa shape index (κ2) is 4.57. The SMILES string of the molecule is O=C(O)Cc1ccc2c(c1)CSCCO2. The van der Waals surface area contributed by atoms with Crippen molar-refractivity contribution in [3.8, 4) is 5.75 Å². The summed E-state index contributed by atoms with van der Waals surface area (Å²) in [6.07, 6.45) is 0.0813. The molecule has 0 bridgehead atoms. The van der Waals surface area contributed by atoms with Gasteiger partial charge in [-0.1, -0.05) is 12.1 Å². The normalized spacial score (nSPS) is 14.9. The van der Waals surface area contributed by atoms with Crippen molar-refractivity contribution in [2.75, 3.05) is 12.4 Å². The van der Waals surface area contributed by atoms with Crippen molar-refractivity contribution in [3.05, 3.63) is 29.3 Å². The van der Waals surface area contributed by atoms with Gasteiger partial charge in [0, 0.05) is 17.1 Å². The van der Waals surface area contributed by atoms with Crippen molar-refractivity contribution in [2.45, 2.75) is 12.2 Å². The van der Waals surface area contributed by atoms with Crippen LogP contribution in [0, 0.1) is 0 Å². The minimum atomic E-state index is -0.794. The van der Waals surface area contributed by atoms with Gasteiger partial charge in [-0.2, -0.15) is 11.8 Å². The van der Waals surface area contributed by atoms with Gasteiger partial charge in [-0.05, 0) is 11.6 Å². The smallest absolute Gasteiger partial charge is 0.307 e. The predicted octanol–water partition coefficient (Wildman–Crippen LogP) is 1.94. The third-order valence-corrected chi connectivity index (χ3v) is 3.19. The summed E-state index contributed by atoms with van der Waals surface area (Å²) in [7, 11) is 0. The van der Waals surface area contributed by atoms with Crippen LogP contribution in [0.1, 0.15) is 11.1 Å². The van der Waals surface area contributed by atoms with Crippen molar-refractivity contribution in [1.29, 1.82) is 0 Å². The van der Waals surface area contributed by atoms with Crippen LogP contribution in [0.25, 0.3) is 0 Å². The Morgan fingerprint density at radius 3 is 3.20 bits per heavy atom. The van der Waals surface area contributed by atoms with Gasteiger partial charge in [0.25, 0.3) is 0 Å². The Morgan fingerprint density at radius 2 is 2.40 bits per heavy atom. The molecule has 0 amide bonds. The van der Waals surface area contributed by atoms with Gasteiger partial charge < -0.3 is 9.84 Å². The molecule has 0 aliphatic carbocycles. The van der Waals surface area contributed by atoms with E-state index in [0.717, 1.165) is 35.0 Å². The van der Waals surface area contributed by atoms with Crippen molar-refractivity contribution in [2.24, 2.45) is 0 Å². The molecule has 3 nitrogen and oxygen atoms in total. The number of carboxylic acid groups (broad SMARTS) is 1. The lowest BCUT2D eigenvalue weighted by Crippen LogP contribution is -2.01. The van der Waals surface area contributed by atoms with Crippen LogP contribution in [0.15, 0.2) is 18.2 Å². The Labute approximate surface area is 92.4 Å². The molecular weight excluding hydrogens is 212 g/mol. The van der Waals surface area contributed by atoms with Gasteiger partial charge in [0.2, 0.25) is 0 Å². The zero-order valence-electron chi connectivity index (χ0n) is 8.23. The third-order valence-electron chi connectivity index (χ3n) is 2.22. The van der Waals surface area contributed by atoms with E-state index in [1.807, 2.05) is 30.0 Å². The van der Waals surface area contributed by atoms with E-state index in [0.29, 0.717) is 0 Å². The number of aliphatic carboxylic acids is 1. The van der Waals surface area contributed by atoms with Gasteiger partial charge in [0.15, 0.2) is 0 Å². The molecule has 0 saturated heterocycles. The Bertz CT molecular complexity index is 376. The highest BCUT2D eigenvalue weighted by molar-refractivity contribution is 7.98. The van der Waals surface area contributed by atoms with Crippen LogP contribution in [-0.2, 0) is 17.0 Å². The molecular formula is C11H12O3S. The molecule has 0 fully saturated rings. The molecule has 1 aromatic rings. The van der Waals surface area contributed by atoms with E-state index in [4.69, 9.17) is 9.84 Å². The second-order valence-corrected chi connectivity index (χ2v) is 4.52. The first-order valence-corrected chi connectivity index (χ1v) is 5.95. The summed E-state index contributed by atoms with van der Waals surface area (Å²) in [6, 6.07) is 5.63. The second-order valence-electron chi connectivity index (χ2n) is 3.41. The van der Waals surface area contributed by atoms with Gasteiger partial charge in [0.1, 0.15) is 5.75 Å². The summed E-state index contributed by atoms with van der Waals surface area (Å²) in [4.78, 5) is 10.6. The summed E-state index contributed by atoms with van der Waals surface area (Å²) in [5.74, 6) is 2.00. The molecule has 1 aliphatic rings. The van der Waals surface area contributed by atoms with E-state index in [1.54, 1.807) is 0 Å². The quantitative estimate of drug-likeness (QED) is 0.834. The summed E-state index contributed by atoms with van der Waals surface area (Å²) in [5.41, 5.74) is 1.95. The first-order chi connectivity index (χ1) is 7.25. The first-order valence-electron chi connectivity index (χ1n) is 4.80. The molecule has 0 unspecified atom stereocenters. The number of hydrogen-bond acceptors (Lipinski definition) is 3. The van der Waals surface area contributed by atoms with Crippen LogP contribution in [-0.4, -0.2) is 23.4 Å². The van der Waals surface area contributed by atoms with Gasteiger partial charge in [0.05, 0.1) is 13.0 Å². The lowest BCUT2D eigenvalue weighted by Gasteiger charge is -2.07. The Hall–Kier alpha value is -1.16. The number of hydrogen-bond donors (Lipinski definition) is 1. The van der Waals surface area contributed by atoms with E-state index >= 15 is 0 Å². The monoisotopic (exact) mass is 224 g/mol. The topological polar surface area (TPSA) is 46.5 Å². The van der Waals surface area contributed by atoms with Crippen molar-refractivity contribution < 1.29 is 14.6 Å². The van der Waals surface area contributed by atoms with E-state index in [2.05, 4.69) is 0 Å². The number of benzene rings is 1. The Balaban J connectivity index is 2.23. The molecule has 1 aliphatic heterocycles. The molecule has 2 rings (SSSR count). The van der Waals surface area contributed by atoms with Crippen LogP contribution in [0.3, 0.4) is 0 Å². The van der Waals surface area contributed by atoms with Crippen molar-refractivity contribution >= 4 is 17.7 Å². The molecule has 80 valence electrons. The van der Waals surface area contributed by atoms with E-state index in [-0.39, 0.29) is 6.42 Å². The van der Waals surface area contributed by atoms with E-state index < -0.39 is 5.97 Å². The van der Waals surface area contributed by atoms with Gasteiger partial charge in [-0.3, -0.25) is 4.79 Å². The van der Waals surface area contributed by atoms with Crippen molar-refractivity contribution in [1.82, 2.24) is 0 Å². The molecule has 4 heteroatoms. The molecule has 1 aromatic carbocycles. The number of ether oxygens (including phenoxy) is 1. The average molecular weight is 224 g/mol. The fraction of sp³-hybridized carbons (Fsp3) is 0.364. The summed E-state index contributed by atoms with van der Waals surface area (Å²) >= 11 is 1.81. The summed E-state index contributed by atoms with van der Waals surface area (Å²) in [5, 5.41) is 8.69. The van der Waals surface area contributed by atoms with Gasteiger partial charge >= 0.3 is 5.97 Å². The number of rotatable bonds is 2. The minimum Gasteiger partial charge on any atom is -0.492 e. The molecule has 1 N–H and O–H groups in total. The van der Waals surface area contributed by atoms with Crippen LogP contribution in [0.2, 0.25) is 0 Å². The predicted molar refractivity (Wildman–Crippen MR) is 59.4 cm³/mol. The van der Waals surface area contributed by atoms with Crippen molar-refractivity contribution in [3.63, 3.8) is 0 Å². The number of carbonyl (C=O) groups is 1. The number of fused-ring (bicyclic) bond motifs is 1. The first kappa shape index (κ1) is 10.4. The molecule has 15 heavy (non-hydrogen) atoms. The summed E-state index contributed by atoms with van der Waals surface area (Å²) < 4.78 is 5.54. The summed E-state index contributed by atoms with van der Waals surface area (Å²) in [6.45, 7) is 0.732. The zero-order chi connectivity index (χ0) is 10.7. The highest BCUT2D eigenvalue weighted by Crippen LogP contribution is 2.27. The molecule has 0 atom stereocenters. The maximum absolute atomic E-state index is 10.6. The minimum absolute atomic E-state index is 0.0813. The van der Waals surface area contributed by atoms with Crippen LogP contribution in [0.5, 0.6) is 5.75 Å². The number of thioether (sulfide) groups is 1. The van der Waals surface area contributed by atoms with Crippen LogP contribution < -0.4 is 4.74 Å². The van der Waals surface area contributed by atoms with Gasteiger partial charge in [-0.25, -0.2) is 0 Å². The highest BCUT2D eigenvalue weighted by Gasteiger charge is 2.10. The lowest BCUT2D eigenvalue weighted by atomic mass is 10.1. The highest BCUT2D eigenvalue weighted by atomic mass is 32.2. The molecule has 0 aromatic heterocycles. The average Bonchev–Trinajstić information content (AvgIpc) is 2.41.